The van der Waals surface area contributed by atoms with E-state index in [1.165, 1.54) is 20.1 Å². The van der Waals surface area contributed by atoms with Crippen LogP contribution in [0.4, 0.5) is 0 Å². The van der Waals surface area contributed by atoms with Crippen LogP contribution in [0.2, 0.25) is 0 Å². The third-order valence-corrected chi connectivity index (χ3v) is 4.77. The molecule has 2 atom stereocenters. The van der Waals surface area contributed by atoms with E-state index in [4.69, 9.17) is 4.74 Å². The highest BCUT2D eigenvalue weighted by Crippen LogP contribution is 2.51. The van der Waals surface area contributed by atoms with Gasteiger partial charge in [-0.3, -0.25) is 14.5 Å². The molecule has 0 aromatic carbocycles. The first-order chi connectivity index (χ1) is 10.5. The maximum Gasteiger partial charge on any atom is 0.330 e. The lowest BCUT2D eigenvalue weighted by molar-refractivity contribution is -0.205. The SMILES string of the molecule is COC(=O)/C=C/C12CCCN1C1(OC(C)=O)CCCN1C2=O. The summed E-state index contributed by atoms with van der Waals surface area (Å²) in [7, 11) is 1.30. The Morgan fingerprint density at radius 1 is 1.23 bits per heavy atom. The van der Waals surface area contributed by atoms with E-state index in [9.17, 15) is 14.4 Å². The number of hydrogen-bond acceptors (Lipinski definition) is 6. The molecule has 3 heterocycles. The maximum absolute atomic E-state index is 13.0. The van der Waals surface area contributed by atoms with Gasteiger partial charge < -0.3 is 9.47 Å². The second kappa shape index (κ2) is 5.08. The monoisotopic (exact) mass is 308 g/mol. The first-order valence-electron chi connectivity index (χ1n) is 7.53. The standard InChI is InChI=1S/C15H20N2O5/c1-11(18)22-15-7-4-9-16(15)13(20)14(6-3-10-17(14)15)8-5-12(19)21-2/h5,8H,3-4,6-7,9-10H2,1-2H3/b8-5+. The molecule has 2 unspecified atom stereocenters. The summed E-state index contributed by atoms with van der Waals surface area (Å²) in [6.45, 7) is 2.58. The minimum absolute atomic E-state index is 0.0936. The Bertz CT molecular complexity index is 560. The average molecular weight is 308 g/mol. The van der Waals surface area contributed by atoms with Gasteiger partial charge in [-0.1, -0.05) is 0 Å². The van der Waals surface area contributed by atoms with Crippen molar-refractivity contribution < 1.29 is 23.9 Å². The summed E-state index contributed by atoms with van der Waals surface area (Å²) in [6.07, 6.45) is 5.73. The molecule has 3 rings (SSSR count). The molecule has 7 nitrogen and oxygen atoms in total. The molecule has 22 heavy (non-hydrogen) atoms. The lowest BCUT2D eigenvalue weighted by Gasteiger charge is -2.38. The molecular formula is C15H20N2O5. The molecule has 0 N–H and O–H groups in total. The molecule has 0 saturated carbocycles. The van der Waals surface area contributed by atoms with E-state index in [-0.39, 0.29) is 5.91 Å². The predicted octanol–water partition coefficient (Wildman–Crippen LogP) is 0.403. The maximum atomic E-state index is 13.0. The quantitative estimate of drug-likeness (QED) is 0.555. The van der Waals surface area contributed by atoms with Gasteiger partial charge in [-0.05, 0) is 25.3 Å². The van der Waals surface area contributed by atoms with E-state index in [0.29, 0.717) is 25.9 Å². The summed E-state index contributed by atoms with van der Waals surface area (Å²) in [5.41, 5.74) is -0.899. The highest BCUT2D eigenvalue weighted by atomic mass is 16.6. The van der Waals surface area contributed by atoms with Crippen LogP contribution in [0, 0.1) is 0 Å². The molecule has 1 amide bonds. The summed E-state index contributed by atoms with van der Waals surface area (Å²) < 4.78 is 10.2. The van der Waals surface area contributed by atoms with Crippen molar-refractivity contribution in [3.8, 4) is 0 Å². The van der Waals surface area contributed by atoms with Crippen LogP contribution in [0.5, 0.6) is 0 Å². The fourth-order valence-corrected chi connectivity index (χ4v) is 4.01. The summed E-state index contributed by atoms with van der Waals surface area (Å²) in [6, 6.07) is 0. The topological polar surface area (TPSA) is 76.2 Å². The lowest BCUT2D eigenvalue weighted by Crippen LogP contribution is -2.55. The first kappa shape index (κ1) is 15.0. The third-order valence-electron chi connectivity index (χ3n) is 4.77. The number of esters is 2. The number of ether oxygens (including phenoxy) is 2. The van der Waals surface area contributed by atoms with E-state index in [1.54, 1.807) is 11.0 Å². The largest absolute Gasteiger partial charge is 0.466 e. The minimum atomic E-state index is -0.986. The van der Waals surface area contributed by atoms with Gasteiger partial charge in [0.1, 0.15) is 5.54 Å². The van der Waals surface area contributed by atoms with E-state index in [0.717, 1.165) is 12.8 Å². The van der Waals surface area contributed by atoms with Gasteiger partial charge in [0.25, 0.3) is 5.91 Å². The average Bonchev–Trinajstić information content (AvgIpc) is 3.11. The second-order valence-electron chi connectivity index (χ2n) is 5.93. The Kier molecular flexibility index (Phi) is 3.47. The molecule has 120 valence electrons. The number of amides is 1. The molecule has 7 heteroatoms. The number of carbonyl (C=O) groups excluding carboxylic acids is 3. The fourth-order valence-electron chi connectivity index (χ4n) is 4.01. The van der Waals surface area contributed by atoms with Gasteiger partial charge in [-0.25, -0.2) is 9.69 Å². The number of nitrogens with zero attached hydrogens (tertiary/aromatic N) is 2. The third kappa shape index (κ3) is 1.88. The van der Waals surface area contributed by atoms with E-state index in [2.05, 4.69) is 4.74 Å². The van der Waals surface area contributed by atoms with Gasteiger partial charge in [0.15, 0.2) is 0 Å². The van der Waals surface area contributed by atoms with Crippen LogP contribution in [0.15, 0.2) is 12.2 Å². The van der Waals surface area contributed by atoms with Crippen molar-refractivity contribution in [2.75, 3.05) is 20.2 Å². The summed E-state index contributed by atoms with van der Waals surface area (Å²) >= 11 is 0. The molecule has 0 radical (unpaired) electrons. The van der Waals surface area contributed by atoms with Crippen molar-refractivity contribution in [3.05, 3.63) is 12.2 Å². The number of rotatable bonds is 3. The van der Waals surface area contributed by atoms with Crippen molar-refractivity contribution in [1.82, 2.24) is 9.80 Å². The van der Waals surface area contributed by atoms with Crippen LogP contribution in [-0.2, 0) is 23.9 Å². The van der Waals surface area contributed by atoms with Gasteiger partial charge in [0, 0.05) is 32.5 Å². The van der Waals surface area contributed by atoms with Gasteiger partial charge in [-0.2, -0.15) is 0 Å². The van der Waals surface area contributed by atoms with Crippen LogP contribution in [0.25, 0.3) is 0 Å². The zero-order valence-corrected chi connectivity index (χ0v) is 12.8. The second-order valence-corrected chi connectivity index (χ2v) is 5.93. The number of hydrogen-bond donors (Lipinski definition) is 0. The van der Waals surface area contributed by atoms with E-state index < -0.39 is 23.3 Å². The van der Waals surface area contributed by atoms with Crippen molar-refractivity contribution in [1.29, 1.82) is 0 Å². The normalized spacial score (nSPS) is 34.1. The molecular weight excluding hydrogens is 288 g/mol. The zero-order chi connectivity index (χ0) is 16.0. The predicted molar refractivity (Wildman–Crippen MR) is 75.3 cm³/mol. The molecule has 0 spiro atoms. The molecule has 0 aromatic rings. The molecule has 3 saturated heterocycles. The molecule has 3 aliphatic rings. The zero-order valence-electron chi connectivity index (χ0n) is 12.8. The first-order valence-corrected chi connectivity index (χ1v) is 7.53. The number of carbonyl (C=O) groups is 3. The van der Waals surface area contributed by atoms with Crippen LogP contribution >= 0.6 is 0 Å². The molecule has 0 aromatic heterocycles. The molecule has 0 aliphatic carbocycles. The van der Waals surface area contributed by atoms with Crippen LogP contribution in [0.3, 0.4) is 0 Å². The van der Waals surface area contributed by atoms with Gasteiger partial charge in [-0.15, -0.1) is 0 Å². The number of fused-ring (bicyclic) bond motifs is 3. The Morgan fingerprint density at radius 2 is 1.95 bits per heavy atom. The Balaban J connectivity index is 2.01. The summed E-state index contributed by atoms with van der Waals surface area (Å²) in [5.74, 6) is -1.98. The lowest BCUT2D eigenvalue weighted by atomic mass is 9.95. The van der Waals surface area contributed by atoms with Crippen molar-refractivity contribution >= 4 is 17.8 Å². The highest BCUT2D eigenvalue weighted by Gasteiger charge is 2.69. The Morgan fingerprint density at radius 3 is 2.64 bits per heavy atom. The fraction of sp³-hybridized carbons (Fsp3) is 0.667. The van der Waals surface area contributed by atoms with Crippen molar-refractivity contribution in [3.63, 3.8) is 0 Å². The van der Waals surface area contributed by atoms with Crippen LogP contribution in [0.1, 0.15) is 32.6 Å². The highest BCUT2D eigenvalue weighted by molar-refractivity contribution is 5.94. The summed E-state index contributed by atoms with van der Waals surface area (Å²) in [5, 5.41) is 0. The van der Waals surface area contributed by atoms with Crippen LogP contribution in [-0.4, -0.2) is 59.2 Å². The van der Waals surface area contributed by atoms with Crippen molar-refractivity contribution in [2.24, 2.45) is 0 Å². The minimum Gasteiger partial charge on any atom is -0.466 e. The van der Waals surface area contributed by atoms with Gasteiger partial charge in [0.2, 0.25) is 5.85 Å². The molecule has 3 aliphatic heterocycles. The smallest absolute Gasteiger partial charge is 0.330 e. The number of methoxy groups -OCH3 is 1. The van der Waals surface area contributed by atoms with E-state index in [1.807, 2.05) is 4.90 Å². The van der Waals surface area contributed by atoms with Gasteiger partial charge >= 0.3 is 11.9 Å². The van der Waals surface area contributed by atoms with Crippen molar-refractivity contribution in [2.45, 2.75) is 44.0 Å². The Hall–Kier alpha value is -1.89. The molecule has 0 bridgehead atoms. The van der Waals surface area contributed by atoms with Gasteiger partial charge in [0.05, 0.1) is 7.11 Å². The van der Waals surface area contributed by atoms with E-state index >= 15 is 0 Å². The summed E-state index contributed by atoms with van der Waals surface area (Å²) in [4.78, 5) is 39.6. The van der Waals surface area contributed by atoms with Crippen LogP contribution < -0.4 is 0 Å². The molecule has 3 fully saturated rings. The Labute approximate surface area is 128 Å².